The van der Waals surface area contributed by atoms with Crippen molar-refractivity contribution in [3.8, 4) is 0 Å². The molecular formula is C9H15N5O3S2. The van der Waals surface area contributed by atoms with Crippen LogP contribution in [0.4, 0.5) is 9.93 Å². The maximum Gasteiger partial charge on any atom is 0.326 e. The number of anilines is 1. The molecule has 10 heteroatoms. The molecule has 0 radical (unpaired) electrons. The van der Waals surface area contributed by atoms with Crippen molar-refractivity contribution in [3.05, 3.63) is 0 Å². The second kappa shape index (κ2) is 5.02. The van der Waals surface area contributed by atoms with Gasteiger partial charge in [0.15, 0.2) is 0 Å². The number of likely N-dealkylation sites (N-methyl/N-ethyl adjacent to an activating group) is 1. The Morgan fingerprint density at radius 3 is 2.53 bits per heavy atom. The van der Waals surface area contributed by atoms with Gasteiger partial charge in [-0.2, -0.15) is 0 Å². The minimum absolute atomic E-state index is 0.102. The predicted molar refractivity (Wildman–Crippen MR) is 70.8 cm³/mol. The number of hydrogen-bond acceptors (Lipinski definition) is 6. The third kappa shape index (κ3) is 2.42. The maximum absolute atomic E-state index is 12.0. The Hall–Kier alpha value is -1.26. The zero-order valence-electron chi connectivity index (χ0n) is 10.9. The molecule has 19 heavy (non-hydrogen) atoms. The number of nitrogens with zero attached hydrogens (tertiary/aromatic N) is 5. The molecule has 8 nitrogen and oxygen atoms in total. The van der Waals surface area contributed by atoms with Crippen molar-refractivity contribution >= 4 is 32.5 Å². The van der Waals surface area contributed by atoms with Crippen LogP contribution in [0.1, 0.15) is 6.92 Å². The fraction of sp³-hybridized carbons (Fsp3) is 0.667. The van der Waals surface area contributed by atoms with Gasteiger partial charge in [-0.05, 0) is 6.92 Å². The van der Waals surface area contributed by atoms with Crippen molar-refractivity contribution in [2.24, 2.45) is 0 Å². The van der Waals surface area contributed by atoms with Crippen LogP contribution in [0.5, 0.6) is 0 Å². The molecule has 0 atom stereocenters. The molecule has 0 spiro atoms. The van der Waals surface area contributed by atoms with Crippen LogP contribution in [0, 0.1) is 0 Å². The Kier molecular flexibility index (Phi) is 3.74. The van der Waals surface area contributed by atoms with Crippen molar-refractivity contribution in [1.29, 1.82) is 0 Å². The van der Waals surface area contributed by atoms with Gasteiger partial charge in [0.1, 0.15) is 0 Å². The Morgan fingerprint density at radius 2 is 2.00 bits per heavy atom. The average molecular weight is 305 g/mol. The normalized spacial score (nSPS) is 16.7. The lowest BCUT2D eigenvalue weighted by Gasteiger charge is -2.13. The molecule has 106 valence electrons. The lowest BCUT2D eigenvalue weighted by Crippen LogP contribution is -2.31. The highest BCUT2D eigenvalue weighted by Crippen LogP contribution is 2.27. The van der Waals surface area contributed by atoms with E-state index in [1.54, 1.807) is 4.90 Å². The number of carbonyl (C=O) groups is 1. The third-order valence-corrected chi connectivity index (χ3v) is 5.91. The summed E-state index contributed by atoms with van der Waals surface area (Å²) in [6.07, 6.45) is 0. The molecule has 2 amide bonds. The van der Waals surface area contributed by atoms with Gasteiger partial charge in [-0.25, -0.2) is 17.5 Å². The first-order valence-corrected chi connectivity index (χ1v) is 7.96. The molecule has 2 rings (SSSR count). The lowest BCUT2D eigenvalue weighted by molar-refractivity contribution is 0.223. The van der Waals surface area contributed by atoms with Crippen LogP contribution < -0.4 is 4.90 Å². The Bertz CT molecular complexity index is 582. The van der Waals surface area contributed by atoms with Gasteiger partial charge in [0.25, 0.3) is 10.0 Å². The van der Waals surface area contributed by atoms with Crippen molar-refractivity contribution in [3.63, 3.8) is 0 Å². The van der Waals surface area contributed by atoms with Gasteiger partial charge in [-0.3, -0.25) is 4.90 Å². The van der Waals surface area contributed by atoms with E-state index in [4.69, 9.17) is 0 Å². The zero-order valence-corrected chi connectivity index (χ0v) is 12.5. The molecule has 0 aromatic carbocycles. The number of urea groups is 1. The molecule has 1 aromatic heterocycles. The van der Waals surface area contributed by atoms with E-state index in [9.17, 15) is 13.2 Å². The van der Waals surface area contributed by atoms with E-state index in [2.05, 4.69) is 10.2 Å². The smallest absolute Gasteiger partial charge is 0.323 e. The van der Waals surface area contributed by atoms with Crippen LogP contribution in [-0.2, 0) is 10.0 Å². The molecule has 2 heterocycles. The van der Waals surface area contributed by atoms with Gasteiger partial charge >= 0.3 is 6.03 Å². The first-order valence-electron chi connectivity index (χ1n) is 5.70. The maximum atomic E-state index is 12.0. The average Bonchev–Trinajstić information content (AvgIpc) is 2.95. The van der Waals surface area contributed by atoms with Gasteiger partial charge in [0.2, 0.25) is 9.47 Å². The number of rotatable bonds is 4. The van der Waals surface area contributed by atoms with E-state index in [0.29, 0.717) is 24.8 Å². The second-order valence-electron chi connectivity index (χ2n) is 4.15. The van der Waals surface area contributed by atoms with Crippen LogP contribution in [0.3, 0.4) is 0 Å². The van der Waals surface area contributed by atoms with Crippen LogP contribution in [0.25, 0.3) is 0 Å². The topological polar surface area (TPSA) is 86.7 Å². The molecule has 1 aliphatic heterocycles. The fourth-order valence-corrected chi connectivity index (χ4v) is 3.77. The minimum Gasteiger partial charge on any atom is -0.323 e. The molecule has 1 fully saturated rings. The standard InChI is InChI=1S/C9H15N5O3S2/c1-4-13-5-6-14(9(13)15)7-10-11-8(18-7)19(16,17)12(2)3/h4-6H2,1-3H3. The van der Waals surface area contributed by atoms with Crippen molar-refractivity contribution < 1.29 is 13.2 Å². The summed E-state index contributed by atoms with van der Waals surface area (Å²) in [5, 5.41) is 7.79. The van der Waals surface area contributed by atoms with Gasteiger partial charge in [0.05, 0.1) is 0 Å². The zero-order chi connectivity index (χ0) is 14.2. The van der Waals surface area contributed by atoms with Crippen molar-refractivity contribution in [2.75, 3.05) is 38.6 Å². The van der Waals surface area contributed by atoms with Gasteiger partial charge in [-0.1, -0.05) is 11.3 Å². The summed E-state index contributed by atoms with van der Waals surface area (Å²) < 4.78 is 24.7. The van der Waals surface area contributed by atoms with E-state index in [1.807, 2.05) is 6.92 Å². The van der Waals surface area contributed by atoms with E-state index >= 15 is 0 Å². The molecule has 0 aliphatic carbocycles. The summed E-state index contributed by atoms with van der Waals surface area (Å²) in [6.45, 7) is 3.63. The Balaban J connectivity index is 2.26. The Labute approximate surface area is 115 Å². The summed E-state index contributed by atoms with van der Waals surface area (Å²) >= 11 is 0.908. The third-order valence-electron chi connectivity index (χ3n) is 2.80. The summed E-state index contributed by atoms with van der Waals surface area (Å²) in [7, 11) is -0.742. The van der Waals surface area contributed by atoms with E-state index in [-0.39, 0.29) is 10.4 Å². The molecular weight excluding hydrogens is 290 g/mol. The number of aromatic nitrogens is 2. The van der Waals surface area contributed by atoms with Gasteiger partial charge in [-0.15, -0.1) is 10.2 Å². The van der Waals surface area contributed by atoms with Gasteiger partial charge < -0.3 is 4.90 Å². The largest absolute Gasteiger partial charge is 0.326 e. The highest BCUT2D eigenvalue weighted by Gasteiger charge is 2.32. The van der Waals surface area contributed by atoms with Crippen molar-refractivity contribution in [2.45, 2.75) is 11.3 Å². The fourth-order valence-electron chi connectivity index (χ4n) is 1.63. The first-order chi connectivity index (χ1) is 8.87. The molecule has 0 bridgehead atoms. The van der Waals surface area contributed by atoms with Crippen LogP contribution in [0.2, 0.25) is 0 Å². The highest BCUT2D eigenvalue weighted by molar-refractivity contribution is 7.91. The summed E-state index contributed by atoms with van der Waals surface area (Å²) in [6, 6.07) is -0.160. The number of amides is 2. The van der Waals surface area contributed by atoms with Crippen LogP contribution in [-0.4, -0.2) is 67.6 Å². The monoisotopic (exact) mass is 305 g/mol. The SMILES string of the molecule is CCN1CCN(c2nnc(S(=O)(=O)N(C)C)s2)C1=O. The molecule has 1 saturated heterocycles. The van der Waals surface area contributed by atoms with Gasteiger partial charge in [0, 0.05) is 33.7 Å². The minimum atomic E-state index is -3.60. The molecule has 0 N–H and O–H groups in total. The lowest BCUT2D eigenvalue weighted by atomic mass is 10.6. The summed E-state index contributed by atoms with van der Waals surface area (Å²) in [4.78, 5) is 15.1. The van der Waals surface area contributed by atoms with Crippen molar-refractivity contribution in [1.82, 2.24) is 19.4 Å². The molecule has 1 aromatic rings. The number of carbonyl (C=O) groups excluding carboxylic acids is 1. The quantitative estimate of drug-likeness (QED) is 0.734. The Morgan fingerprint density at radius 1 is 1.32 bits per heavy atom. The van der Waals surface area contributed by atoms with Crippen LogP contribution >= 0.6 is 11.3 Å². The van der Waals surface area contributed by atoms with Crippen LogP contribution in [0.15, 0.2) is 4.34 Å². The second-order valence-corrected chi connectivity index (χ2v) is 7.43. The summed E-state index contributed by atoms with van der Waals surface area (Å²) in [5.74, 6) is 0. The van der Waals surface area contributed by atoms with E-state index in [0.717, 1.165) is 15.6 Å². The molecule has 0 unspecified atom stereocenters. The number of hydrogen-bond donors (Lipinski definition) is 0. The first kappa shape index (κ1) is 14.2. The molecule has 1 aliphatic rings. The van der Waals surface area contributed by atoms with E-state index < -0.39 is 10.0 Å². The number of sulfonamides is 1. The highest BCUT2D eigenvalue weighted by atomic mass is 32.2. The van der Waals surface area contributed by atoms with E-state index in [1.165, 1.54) is 19.0 Å². The predicted octanol–water partition coefficient (Wildman–Crippen LogP) is 0.0503. The summed E-state index contributed by atoms with van der Waals surface area (Å²) in [5.41, 5.74) is 0. The molecule has 0 saturated carbocycles.